The maximum absolute atomic E-state index is 14.0. The quantitative estimate of drug-likeness (QED) is 0.860. The van der Waals surface area contributed by atoms with E-state index in [4.69, 9.17) is 0 Å². The number of halogens is 1. The molecule has 3 heteroatoms. The summed E-state index contributed by atoms with van der Waals surface area (Å²) in [5, 5.41) is 3.61. The topological polar surface area (TPSA) is 15.3 Å². The van der Waals surface area contributed by atoms with Crippen molar-refractivity contribution in [2.75, 3.05) is 19.6 Å². The molecule has 1 N–H and O–H groups in total. The molecule has 1 saturated heterocycles. The smallest absolute Gasteiger partial charge is 0.126 e. The van der Waals surface area contributed by atoms with E-state index < -0.39 is 0 Å². The molecule has 3 rings (SSSR count). The van der Waals surface area contributed by atoms with E-state index in [1.165, 1.54) is 31.2 Å². The predicted octanol–water partition coefficient (Wildman–Crippen LogP) is 3.67. The van der Waals surface area contributed by atoms with Crippen molar-refractivity contribution in [1.29, 1.82) is 0 Å². The minimum Gasteiger partial charge on any atom is -0.313 e. The van der Waals surface area contributed by atoms with Gasteiger partial charge in [-0.2, -0.15) is 0 Å². The van der Waals surface area contributed by atoms with Gasteiger partial charge in [-0.3, -0.25) is 4.90 Å². The SMILES string of the molecule is CCCCN(CC1CCCN1)C1CCc2c(F)cccc21. The standard InChI is InChI=1S/C18H27FN2/c1-2-3-12-21(13-14-6-5-11-20-14)18-10-9-15-16(18)7-4-8-17(15)19/h4,7-8,14,18,20H,2-3,5-6,9-13H2,1H3. The number of hydrogen-bond acceptors (Lipinski definition) is 2. The summed E-state index contributed by atoms with van der Waals surface area (Å²) in [4.78, 5) is 2.61. The summed E-state index contributed by atoms with van der Waals surface area (Å²) in [6, 6.07) is 6.66. The lowest BCUT2D eigenvalue weighted by atomic mass is 10.0. The number of rotatable bonds is 6. The van der Waals surface area contributed by atoms with E-state index in [0.717, 1.165) is 38.0 Å². The lowest BCUT2D eigenvalue weighted by Crippen LogP contribution is -2.39. The Morgan fingerprint density at radius 2 is 2.24 bits per heavy atom. The zero-order valence-electron chi connectivity index (χ0n) is 13.1. The van der Waals surface area contributed by atoms with E-state index in [1.807, 2.05) is 6.07 Å². The van der Waals surface area contributed by atoms with Crippen LogP contribution in [0.5, 0.6) is 0 Å². The molecule has 116 valence electrons. The van der Waals surface area contributed by atoms with Gasteiger partial charge in [0.05, 0.1) is 0 Å². The van der Waals surface area contributed by atoms with Crippen LogP contribution in [0.2, 0.25) is 0 Å². The molecular formula is C18H27FN2. The normalized spacial score (nSPS) is 24.7. The molecule has 0 bridgehead atoms. The van der Waals surface area contributed by atoms with E-state index in [2.05, 4.69) is 23.2 Å². The Morgan fingerprint density at radius 3 is 3.00 bits per heavy atom. The summed E-state index contributed by atoms with van der Waals surface area (Å²) in [7, 11) is 0. The van der Waals surface area contributed by atoms with E-state index in [9.17, 15) is 4.39 Å². The van der Waals surface area contributed by atoms with Crippen LogP contribution in [0.4, 0.5) is 4.39 Å². The third kappa shape index (κ3) is 3.29. The molecule has 2 unspecified atom stereocenters. The molecule has 1 fully saturated rings. The Balaban J connectivity index is 1.75. The van der Waals surface area contributed by atoms with Crippen molar-refractivity contribution in [1.82, 2.24) is 10.2 Å². The second-order valence-corrected chi connectivity index (χ2v) is 6.50. The minimum absolute atomic E-state index is 0.00978. The van der Waals surface area contributed by atoms with Gasteiger partial charge in [-0.1, -0.05) is 25.5 Å². The van der Waals surface area contributed by atoms with Crippen molar-refractivity contribution < 1.29 is 4.39 Å². The van der Waals surface area contributed by atoms with Crippen LogP contribution in [0.25, 0.3) is 0 Å². The average Bonchev–Trinajstić information content (AvgIpc) is 3.13. The first kappa shape index (κ1) is 15.0. The van der Waals surface area contributed by atoms with Gasteiger partial charge in [0.25, 0.3) is 0 Å². The monoisotopic (exact) mass is 290 g/mol. The number of hydrogen-bond donors (Lipinski definition) is 1. The second kappa shape index (κ2) is 6.89. The van der Waals surface area contributed by atoms with Gasteiger partial charge in [0.2, 0.25) is 0 Å². The lowest BCUT2D eigenvalue weighted by molar-refractivity contribution is 0.177. The van der Waals surface area contributed by atoms with Crippen LogP contribution in [-0.4, -0.2) is 30.6 Å². The molecule has 1 heterocycles. The van der Waals surface area contributed by atoms with Crippen LogP contribution in [0.1, 0.15) is 56.2 Å². The van der Waals surface area contributed by atoms with Crippen molar-refractivity contribution in [3.63, 3.8) is 0 Å². The average molecular weight is 290 g/mol. The molecule has 0 spiro atoms. The molecular weight excluding hydrogens is 263 g/mol. The van der Waals surface area contributed by atoms with Gasteiger partial charge in [0.1, 0.15) is 5.82 Å². The van der Waals surface area contributed by atoms with Gasteiger partial charge < -0.3 is 5.32 Å². The maximum atomic E-state index is 14.0. The van der Waals surface area contributed by atoms with Crippen molar-refractivity contribution in [2.24, 2.45) is 0 Å². The van der Waals surface area contributed by atoms with Crippen LogP contribution >= 0.6 is 0 Å². The van der Waals surface area contributed by atoms with Crippen molar-refractivity contribution >= 4 is 0 Å². The van der Waals surface area contributed by atoms with Gasteiger partial charge in [-0.25, -0.2) is 4.39 Å². The number of unbranched alkanes of at least 4 members (excludes halogenated alkanes) is 1. The Hall–Kier alpha value is -0.930. The maximum Gasteiger partial charge on any atom is 0.126 e. The van der Waals surface area contributed by atoms with Crippen molar-refractivity contribution in [3.8, 4) is 0 Å². The van der Waals surface area contributed by atoms with Gasteiger partial charge in [0, 0.05) is 18.6 Å². The van der Waals surface area contributed by atoms with Gasteiger partial charge in [-0.15, -0.1) is 0 Å². The van der Waals surface area contributed by atoms with Gasteiger partial charge in [-0.05, 0) is 62.4 Å². The van der Waals surface area contributed by atoms with Crippen molar-refractivity contribution in [3.05, 3.63) is 35.1 Å². The number of nitrogens with one attached hydrogen (secondary N) is 1. The van der Waals surface area contributed by atoms with Crippen LogP contribution in [0.3, 0.4) is 0 Å². The Labute approximate surface area is 127 Å². The van der Waals surface area contributed by atoms with E-state index in [-0.39, 0.29) is 5.82 Å². The molecule has 1 aromatic rings. The van der Waals surface area contributed by atoms with E-state index in [0.29, 0.717) is 12.1 Å². The molecule has 1 aliphatic heterocycles. The largest absolute Gasteiger partial charge is 0.313 e. The first-order valence-electron chi connectivity index (χ1n) is 8.54. The lowest BCUT2D eigenvalue weighted by Gasteiger charge is -2.32. The highest BCUT2D eigenvalue weighted by Crippen LogP contribution is 2.37. The van der Waals surface area contributed by atoms with Crippen LogP contribution < -0.4 is 5.32 Å². The third-order valence-electron chi connectivity index (χ3n) is 5.04. The third-order valence-corrected chi connectivity index (χ3v) is 5.04. The van der Waals surface area contributed by atoms with E-state index in [1.54, 1.807) is 6.07 Å². The Kier molecular flexibility index (Phi) is 4.91. The molecule has 0 saturated carbocycles. The highest BCUT2D eigenvalue weighted by molar-refractivity contribution is 5.35. The van der Waals surface area contributed by atoms with Crippen LogP contribution in [-0.2, 0) is 6.42 Å². The number of fused-ring (bicyclic) bond motifs is 1. The second-order valence-electron chi connectivity index (χ2n) is 6.50. The summed E-state index contributed by atoms with van der Waals surface area (Å²) < 4.78 is 14.0. The fraction of sp³-hybridized carbons (Fsp3) is 0.667. The highest BCUT2D eigenvalue weighted by atomic mass is 19.1. The van der Waals surface area contributed by atoms with Gasteiger partial charge >= 0.3 is 0 Å². The van der Waals surface area contributed by atoms with Crippen LogP contribution in [0.15, 0.2) is 18.2 Å². The predicted molar refractivity (Wildman–Crippen MR) is 85.0 cm³/mol. The zero-order chi connectivity index (χ0) is 14.7. The molecule has 1 aliphatic carbocycles. The number of benzene rings is 1. The molecule has 2 atom stereocenters. The summed E-state index contributed by atoms with van der Waals surface area (Å²) in [6.07, 6.45) is 7.00. The van der Waals surface area contributed by atoms with Crippen molar-refractivity contribution in [2.45, 2.75) is 57.5 Å². The van der Waals surface area contributed by atoms with E-state index >= 15 is 0 Å². The summed E-state index contributed by atoms with van der Waals surface area (Å²) in [6.45, 7) is 5.65. The molecule has 0 radical (unpaired) electrons. The number of nitrogens with zero attached hydrogens (tertiary/aromatic N) is 1. The minimum atomic E-state index is -0.00978. The molecule has 2 nitrogen and oxygen atoms in total. The molecule has 1 aromatic carbocycles. The summed E-state index contributed by atoms with van der Waals surface area (Å²) >= 11 is 0. The summed E-state index contributed by atoms with van der Waals surface area (Å²) in [5.41, 5.74) is 2.20. The summed E-state index contributed by atoms with van der Waals surface area (Å²) in [5.74, 6) is -0.00978. The zero-order valence-corrected chi connectivity index (χ0v) is 13.1. The first-order valence-corrected chi connectivity index (χ1v) is 8.54. The fourth-order valence-corrected chi connectivity index (χ4v) is 3.90. The Morgan fingerprint density at radius 1 is 1.33 bits per heavy atom. The van der Waals surface area contributed by atoms with Gasteiger partial charge in [0.15, 0.2) is 0 Å². The Bertz CT molecular complexity index is 468. The fourth-order valence-electron chi connectivity index (χ4n) is 3.90. The first-order chi connectivity index (χ1) is 10.3. The molecule has 21 heavy (non-hydrogen) atoms. The molecule has 0 aromatic heterocycles. The van der Waals surface area contributed by atoms with Crippen LogP contribution in [0, 0.1) is 5.82 Å². The molecule has 2 aliphatic rings. The molecule has 0 amide bonds. The highest BCUT2D eigenvalue weighted by Gasteiger charge is 2.31.